The molecule has 0 spiro atoms. The summed E-state index contributed by atoms with van der Waals surface area (Å²) < 4.78 is 4.90. The smallest absolute Gasteiger partial charge is 0.257 e. The minimum atomic E-state index is -0.244. The van der Waals surface area contributed by atoms with Crippen molar-refractivity contribution in [3.05, 3.63) is 17.0 Å². The number of terminal acetylenes is 1. The third-order valence-corrected chi connectivity index (χ3v) is 2.18. The van der Waals surface area contributed by atoms with Crippen LogP contribution in [0.15, 0.2) is 4.52 Å². The maximum Gasteiger partial charge on any atom is 0.257 e. The van der Waals surface area contributed by atoms with Gasteiger partial charge in [-0.15, -0.1) is 6.42 Å². The van der Waals surface area contributed by atoms with E-state index in [1.165, 1.54) is 0 Å². The summed E-state index contributed by atoms with van der Waals surface area (Å²) in [5.74, 6) is 2.79. The van der Waals surface area contributed by atoms with Crippen molar-refractivity contribution < 1.29 is 9.32 Å². The van der Waals surface area contributed by atoms with Gasteiger partial charge in [0.1, 0.15) is 11.3 Å². The molecule has 1 N–H and O–H groups in total. The van der Waals surface area contributed by atoms with E-state index in [0.29, 0.717) is 23.4 Å². The summed E-state index contributed by atoms with van der Waals surface area (Å²) in [7, 11) is 0. The number of hydrogen-bond donors (Lipinski definition) is 1. The Hall–Kier alpha value is -1.76. The molecule has 0 aromatic carbocycles. The Morgan fingerprint density at radius 1 is 1.67 bits per heavy atom. The van der Waals surface area contributed by atoms with E-state index in [9.17, 15) is 4.79 Å². The fraction of sp³-hybridized carbons (Fsp3) is 0.455. The van der Waals surface area contributed by atoms with Gasteiger partial charge in [0.2, 0.25) is 0 Å². The molecular formula is C11H14N2O2. The Morgan fingerprint density at radius 2 is 2.33 bits per heavy atom. The first-order valence-corrected chi connectivity index (χ1v) is 4.80. The van der Waals surface area contributed by atoms with Gasteiger partial charge < -0.3 is 9.84 Å². The van der Waals surface area contributed by atoms with Crippen molar-refractivity contribution in [1.82, 2.24) is 10.5 Å². The molecule has 1 rings (SSSR count). The van der Waals surface area contributed by atoms with Crippen molar-refractivity contribution in [2.45, 2.75) is 33.2 Å². The van der Waals surface area contributed by atoms with E-state index in [0.717, 1.165) is 0 Å². The maximum atomic E-state index is 11.8. The molecule has 1 amide bonds. The van der Waals surface area contributed by atoms with Crippen LogP contribution in [0.2, 0.25) is 0 Å². The molecular weight excluding hydrogens is 192 g/mol. The summed E-state index contributed by atoms with van der Waals surface area (Å²) in [6, 6.07) is -0.244. The minimum Gasteiger partial charge on any atom is -0.361 e. The van der Waals surface area contributed by atoms with Crippen LogP contribution in [0.3, 0.4) is 0 Å². The molecule has 0 bridgehead atoms. The normalized spacial score (nSPS) is 11.9. The molecule has 0 fully saturated rings. The lowest BCUT2D eigenvalue weighted by Gasteiger charge is -2.09. The predicted octanol–water partition coefficient (Wildman–Crippen LogP) is 1.43. The van der Waals surface area contributed by atoms with Crippen molar-refractivity contribution in [1.29, 1.82) is 0 Å². The highest BCUT2D eigenvalue weighted by Crippen LogP contribution is 2.12. The van der Waals surface area contributed by atoms with Gasteiger partial charge in [-0.05, 0) is 20.3 Å². The third-order valence-electron chi connectivity index (χ3n) is 2.18. The molecule has 0 saturated heterocycles. The lowest BCUT2D eigenvalue weighted by molar-refractivity contribution is 0.0943. The van der Waals surface area contributed by atoms with Gasteiger partial charge in [0.05, 0.1) is 11.7 Å². The summed E-state index contributed by atoms with van der Waals surface area (Å²) in [6.45, 7) is 5.34. The van der Waals surface area contributed by atoms with Crippen molar-refractivity contribution in [2.75, 3.05) is 0 Å². The average Bonchev–Trinajstić information content (AvgIpc) is 2.55. The monoisotopic (exact) mass is 206 g/mol. The van der Waals surface area contributed by atoms with Crippen LogP contribution in [0.25, 0.3) is 0 Å². The van der Waals surface area contributed by atoms with Gasteiger partial charge in [-0.1, -0.05) is 18.0 Å². The maximum absolute atomic E-state index is 11.8. The molecule has 80 valence electrons. The van der Waals surface area contributed by atoms with Crippen LogP contribution in [-0.2, 0) is 0 Å². The number of amides is 1. The highest BCUT2D eigenvalue weighted by Gasteiger charge is 2.18. The van der Waals surface area contributed by atoms with E-state index in [1.807, 2.05) is 6.92 Å². The molecule has 0 aliphatic rings. The molecule has 1 aromatic rings. The largest absolute Gasteiger partial charge is 0.361 e. The van der Waals surface area contributed by atoms with Crippen LogP contribution in [0.4, 0.5) is 0 Å². The van der Waals surface area contributed by atoms with Crippen LogP contribution >= 0.6 is 0 Å². The minimum absolute atomic E-state index is 0.226. The number of nitrogens with one attached hydrogen (secondary N) is 1. The molecule has 15 heavy (non-hydrogen) atoms. The van der Waals surface area contributed by atoms with E-state index >= 15 is 0 Å². The van der Waals surface area contributed by atoms with E-state index in [2.05, 4.69) is 16.4 Å². The quantitative estimate of drug-likeness (QED) is 0.761. The second kappa shape index (κ2) is 4.65. The van der Waals surface area contributed by atoms with Crippen LogP contribution < -0.4 is 5.32 Å². The first kappa shape index (κ1) is 11.3. The van der Waals surface area contributed by atoms with E-state index < -0.39 is 0 Å². The zero-order valence-corrected chi connectivity index (χ0v) is 9.13. The van der Waals surface area contributed by atoms with Gasteiger partial charge in [0.25, 0.3) is 5.91 Å². The molecule has 4 nitrogen and oxygen atoms in total. The standard InChI is InChI=1S/C11H14N2O2/c1-5-9(6-2)12-11(14)10-7(3)13-15-8(10)4/h1,9H,6H2,2-4H3,(H,12,14). The first-order valence-electron chi connectivity index (χ1n) is 4.80. The number of carbonyl (C=O) groups is 1. The molecule has 0 radical (unpaired) electrons. The van der Waals surface area contributed by atoms with Crippen molar-refractivity contribution in [3.63, 3.8) is 0 Å². The Balaban J connectivity index is 2.83. The molecule has 0 aliphatic heterocycles. The van der Waals surface area contributed by atoms with Crippen molar-refractivity contribution in [2.24, 2.45) is 0 Å². The van der Waals surface area contributed by atoms with Gasteiger partial charge in [0.15, 0.2) is 0 Å². The van der Waals surface area contributed by atoms with Crippen molar-refractivity contribution in [3.8, 4) is 12.3 Å². The first-order chi connectivity index (χ1) is 7.10. The molecule has 1 aromatic heterocycles. The van der Waals surface area contributed by atoms with Gasteiger partial charge in [-0.3, -0.25) is 4.79 Å². The highest BCUT2D eigenvalue weighted by atomic mass is 16.5. The third kappa shape index (κ3) is 2.38. The molecule has 1 unspecified atom stereocenters. The van der Waals surface area contributed by atoms with E-state index in [4.69, 9.17) is 10.9 Å². The average molecular weight is 206 g/mol. The Kier molecular flexibility index (Phi) is 3.51. The SMILES string of the molecule is C#CC(CC)NC(=O)c1c(C)noc1C. The summed E-state index contributed by atoms with van der Waals surface area (Å²) in [5.41, 5.74) is 1.06. The number of hydrogen-bond acceptors (Lipinski definition) is 3. The lowest BCUT2D eigenvalue weighted by Crippen LogP contribution is -2.33. The number of nitrogens with zero attached hydrogens (tertiary/aromatic N) is 1. The summed E-state index contributed by atoms with van der Waals surface area (Å²) in [5, 5.41) is 6.43. The summed E-state index contributed by atoms with van der Waals surface area (Å²) in [6.07, 6.45) is 5.96. The van der Waals surface area contributed by atoms with Gasteiger partial charge in [-0.25, -0.2) is 0 Å². The molecule has 0 aliphatic carbocycles. The molecule has 0 saturated carbocycles. The fourth-order valence-electron chi connectivity index (χ4n) is 1.30. The van der Waals surface area contributed by atoms with E-state index in [1.54, 1.807) is 13.8 Å². The van der Waals surface area contributed by atoms with Gasteiger partial charge >= 0.3 is 0 Å². The lowest BCUT2D eigenvalue weighted by atomic mass is 10.1. The van der Waals surface area contributed by atoms with Crippen LogP contribution in [0.5, 0.6) is 0 Å². The summed E-state index contributed by atoms with van der Waals surface area (Å²) in [4.78, 5) is 11.8. The second-order valence-electron chi connectivity index (χ2n) is 3.30. The Labute approximate surface area is 89.0 Å². The van der Waals surface area contributed by atoms with Crippen LogP contribution in [-0.4, -0.2) is 17.1 Å². The van der Waals surface area contributed by atoms with Crippen LogP contribution in [0.1, 0.15) is 35.2 Å². The number of aromatic nitrogens is 1. The Morgan fingerprint density at radius 3 is 2.73 bits per heavy atom. The molecule has 4 heteroatoms. The highest BCUT2D eigenvalue weighted by molar-refractivity contribution is 5.96. The number of rotatable bonds is 3. The fourth-order valence-corrected chi connectivity index (χ4v) is 1.30. The second-order valence-corrected chi connectivity index (χ2v) is 3.30. The topological polar surface area (TPSA) is 55.1 Å². The number of aryl methyl sites for hydroxylation is 2. The van der Waals surface area contributed by atoms with Crippen molar-refractivity contribution >= 4 is 5.91 Å². The van der Waals surface area contributed by atoms with Gasteiger partial charge in [-0.2, -0.15) is 0 Å². The molecule has 1 atom stereocenters. The van der Waals surface area contributed by atoms with E-state index in [-0.39, 0.29) is 11.9 Å². The summed E-state index contributed by atoms with van der Waals surface area (Å²) >= 11 is 0. The zero-order chi connectivity index (χ0) is 11.4. The molecule has 1 heterocycles. The zero-order valence-electron chi connectivity index (χ0n) is 9.13. The number of carbonyl (C=O) groups excluding carboxylic acids is 1. The Bertz CT molecular complexity index is 382. The predicted molar refractivity (Wildman–Crippen MR) is 56.4 cm³/mol. The van der Waals surface area contributed by atoms with Gasteiger partial charge in [0, 0.05) is 0 Å². The van der Waals surface area contributed by atoms with Crippen LogP contribution in [0, 0.1) is 26.2 Å².